The van der Waals surface area contributed by atoms with Crippen LogP contribution in [0.2, 0.25) is 6.04 Å². The van der Waals surface area contributed by atoms with E-state index in [0.29, 0.717) is 25.8 Å². The maximum atomic E-state index is 9.40. The zero-order valence-electron chi connectivity index (χ0n) is 11.8. The van der Waals surface area contributed by atoms with Crippen molar-refractivity contribution in [3.63, 3.8) is 0 Å². The Labute approximate surface area is 111 Å². The first-order valence-electron chi connectivity index (χ1n) is 6.64. The fourth-order valence-electron chi connectivity index (χ4n) is 1.67. The lowest BCUT2D eigenvalue weighted by molar-refractivity contribution is -0.0646. The second-order valence-corrected chi connectivity index (χ2v) is 6.59. The van der Waals surface area contributed by atoms with Crippen molar-refractivity contribution in [1.82, 2.24) is 5.32 Å². The Morgan fingerprint density at radius 2 is 1.83 bits per heavy atom. The molecule has 6 nitrogen and oxygen atoms in total. The smallest absolute Gasteiger partial charge is 0.374 e. The predicted molar refractivity (Wildman–Crippen MR) is 73.1 cm³/mol. The van der Waals surface area contributed by atoms with E-state index in [1.807, 2.05) is 13.8 Å². The van der Waals surface area contributed by atoms with E-state index in [2.05, 4.69) is 5.32 Å². The third-order valence-corrected chi connectivity index (χ3v) is 5.36. The molecule has 1 unspecified atom stereocenters. The van der Waals surface area contributed by atoms with Gasteiger partial charge in [0.2, 0.25) is 0 Å². The van der Waals surface area contributed by atoms with Gasteiger partial charge in [0.05, 0.1) is 0 Å². The highest BCUT2D eigenvalue weighted by atomic mass is 28.4. The highest BCUT2D eigenvalue weighted by Gasteiger charge is 2.41. The van der Waals surface area contributed by atoms with Gasteiger partial charge in [-0.3, -0.25) is 0 Å². The van der Waals surface area contributed by atoms with E-state index >= 15 is 0 Å². The molecule has 0 saturated heterocycles. The van der Waals surface area contributed by atoms with Crippen molar-refractivity contribution in [2.24, 2.45) is 5.73 Å². The third-order valence-electron chi connectivity index (χ3n) is 2.24. The highest BCUT2D eigenvalue weighted by Crippen LogP contribution is 2.19. The van der Waals surface area contributed by atoms with Crippen LogP contribution in [0.4, 0.5) is 0 Å². The first kappa shape index (κ1) is 18.0. The van der Waals surface area contributed by atoms with Gasteiger partial charge >= 0.3 is 8.80 Å². The fraction of sp³-hybridized carbons (Fsp3) is 1.00. The topological polar surface area (TPSA) is 86.0 Å². The molecule has 1 atom stereocenters. The normalized spacial score (nSPS) is 13.8. The largest absolute Gasteiger partial charge is 0.502 e. The van der Waals surface area contributed by atoms with Crippen LogP contribution in [0.5, 0.6) is 0 Å². The molecule has 0 aromatic rings. The van der Waals surface area contributed by atoms with Crippen LogP contribution in [0, 0.1) is 0 Å². The van der Waals surface area contributed by atoms with E-state index in [-0.39, 0.29) is 0 Å². The summed E-state index contributed by atoms with van der Waals surface area (Å²) in [6.07, 6.45) is 0.00522. The number of hydrogen-bond donors (Lipinski definition) is 3. The summed E-state index contributed by atoms with van der Waals surface area (Å²) in [6.45, 7) is 8.70. The molecular formula is C11H28N2O4Si. The minimum atomic E-state index is -2.74. The Morgan fingerprint density at radius 1 is 1.22 bits per heavy atom. The number of aliphatic hydroxyl groups excluding tert-OH is 1. The highest BCUT2D eigenvalue weighted by molar-refractivity contribution is 6.60. The molecule has 110 valence electrons. The first-order valence-corrected chi connectivity index (χ1v) is 8.58. The van der Waals surface area contributed by atoms with Gasteiger partial charge in [0.1, 0.15) is 6.29 Å². The Kier molecular flexibility index (Phi) is 10.8. The molecule has 0 rings (SSSR count). The lowest BCUT2D eigenvalue weighted by atomic mass is 10.5. The summed E-state index contributed by atoms with van der Waals surface area (Å²) in [5.41, 5.74) is 5.40. The molecule has 0 aromatic heterocycles. The molecule has 0 bridgehead atoms. The van der Waals surface area contributed by atoms with E-state index in [9.17, 15) is 5.11 Å². The second kappa shape index (κ2) is 10.9. The molecule has 18 heavy (non-hydrogen) atoms. The van der Waals surface area contributed by atoms with Gasteiger partial charge in [0, 0.05) is 32.3 Å². The van der Waals surface area contributed by atoms with Crippen molar-refractivity contribution in [1.29, 1.82) is 0 Å². The minimum Gasteiger partial charge on any atom is -0.374 e. The molecule has 7 heteroatoms. The van der Waals surface area contributed by atoms with Crippen LogP contribution < -0.4 is 11.1 Å². The summed E-state index contributed by atoms with van der Waals surface area (Å²) >= 11 is 0. The van der Waals surface area contributed by atoms with Crippen molar-refractivity contribution >= 4 is 8.80 Å². The average Bonchev–Trinajstić information content (AvgIpc) is 2.28. The monoisotopic (exact) mass is 280 g/mol. The SMILES string of the molecule is CCO[Si](CCCNCCN)(OCC)OC(C)O. The third kappa shape index (κ3) is 8.14. The maximum Gasteiger partial charge on any atom is 0.502 e. The number of aliphatic hydroxyl groups is 1. The van der Waals surface area contributed by atoms with E-state index in [1.165, 1.54) is 0 Å². The number of hydrogen-bond acceptors (Lipinski definition) is 6. The van der Waals surface area contributed by atoms with Crippen molar-refractivity contribution in [2.75, 3.05) is 32.8 Å². The van der Waals surface area contributed by atoms with Gasteiger partial charge in [-0.05, 0) is 33.7 Å². The number of nitrogens with one attached hydrogen (secondary N) is 1. The van der Waals surface area contributed by atoms with Crippen LogP contribution in [0.25, 0.3) is 0 Å². The lowest BCUT2D eigenvalue weighted by Gasteiger charge is -2.30. The fourth-order valence-corrected chi connectivity index (χ4v) is 4.30. The second-order valence-electron chi connectivity index (χ2n) is 3.91. The van der Waals surface area contributed by atoms with Crippen LogP contribution in [-0.4, -0.2) is 53.0 Å². The molecule has 0 heterocycles. The summed E-state index contributed by atoms with van der Waals surface area (Å²) in [7, 11) is -2.74. The van der Waals surface area contributed by atoms with Gasteiger partial charge < -0.3 is 29.4 Å². The van der Waals surface area contributed by atoms with E-state index in [1.54, 1.807) is 6.92 Å². The van der Waals surface area contributed by atoms with Crippen LogP contribution in [0.3, 0.4) is 0 Å². The van der Waals surface area contributed by atoms with Gasteiger partial charge in [-0.2, -0.15) is 0 Å². The van der Waals surface area contributed by atoms with Gasteiger partial charge in [0.15, 0.2) is 0 Å². The Morgan fingerprint density at radius 3 is 2.28 bits per heavy atom. The summed E-state index contributed by atoms with van der Waals surface area (Å²) in [5, 5.41) is 12.6. The van der Waals surface area contributed by atoms with E-state index in [4.69, 9.17) is 19.0 Å². The van der Waals surface area contributed by atoms with Crippen molar-refractivity contribution < 1.29 is 18.4 Å². The van der Waals surface area contributed by atoms with Crippen molar-refractivity contribution in [2.45, 2.75) is 39.5 Å². The van der Waals surface area contributed by atoms with Crippen LogP contribution in [0.1, 0.15) is 27.2 Å². The van der Waals surface area contributed by atoms with E-state index < -0.39 is 15.1 Å². The molecule has 0 saturated carbocycles. The number of nitrogens with two attached hydrogens (primary N) is 1. The van der Waals surface area contributed by atoms with Gasteiger partial charge in [-0.15, -0.1) is 0 Å². The molecule has 0 spiro atoms. The molecule has 0 aliphatic rings. The quantitative estimate of drug-likeness (QED) is 0.271. The Balaban J connectivity index is 4.23. The van der Waals surface area contributed by atoms with Crippen LogP contribution in [-0.2, 0) is 13.3 Å². The Hall–Kier alpha value is -0.0231. The molecule has 0 aliphatic heterocycles. The maximum absolute atomic E-state index is 9.40. The Bertz CT molecular complexity index is 190. The minimum absolute atomic E-state index is 0.523. The summed E-state index contributed by atoms with van der Waals surface area (Å²) in [4.78, 5) is 0. The van der Waals surface area contributed by atoms with Crippen LogP contribution in [0.15, 0.2) is 0 Å². The molecular weight excluding hydrogens is 252 g/mol. The molecule has 4 N–H and O–H groups in total. The standard InChI is InChI=1S/C11H28N2O4Si/c1-4-15-18(16-5-2,17-11(3)14)10-6-8-13-9-7-12/h11,13-14H,4-10,12H2,1-3H3. The lowest BCUT2D eigenvalue weighted by Crippen LogP contribution is -2.48. The number of rotatable bonds is 12. The summed E-state index contributed by atoms with van der Waals surface area (Å²) in [5.74, 6) is 0. The first-order chi connectivity index (χ1) is 8.60. The average molecular weight is 280 g/mol. The zero-order valence-corrected chi connectivity index (χ0v) is 12.8. The van der Waals surface area contributed by atoms with Crippen molar-refractivity contribution in [3.8, 4) is 0 Å². The molecule has 0 aliphatic carbocycles. The summed E-state index contributed by atoms with van der Waals surface area (Å²) < 4.78 is 16.9. The molecule has 0 aromatic carbocycles. The predicted octanol–water partition coefficient (Wildman–Crippen LogP) is 0.292. The molecule has 0 amide bonds. The molecule has 0 fully saturated rings. The zero-order chi connectivity index (χ0) is 13.9. The van der Waals surface area contributed by atoms with E-state index in [0.717, 1.165) is 19.5 Å². The van der Waals surface area contributed by atoms with Crippen LogP contribution >= 0.6 is 0 Å². The molecule has 0 radical (unpaired) electrons. The van der Waals surface area contributed by atoms with Crippen molar-refractivity contribution in [3.05, 3.63) is 0 Å². The van der Waals surface area contributed by atoms with Gasteiger partial charge in [-0.25, -0.2) is 0 Å². The van der Waals surface area contributed by atoms with Gasteiger partial charge in [0.25, 0.3) is 0 Å². The summed E-state index contributed by atoms with van der Waals surface area (Å²) in [6, 6.07) is 0.692. The van der Waals surface area contributed by atoms with Gasteiger partial charge in [-0.1, -0.05) is 0 Å².